The van der Waals surface area contributed by atoms with Gasteiger partial charge >= 0.3 is 5.97 Å². The number of nitrogens with zero attached hydrogens (tertiary/aromatic N) is 5. The Bertz CT molecular complexity index is 832. The lowest BCUT2D eigenvalue weighted by atomic mass is 10.2. The molecule has 2 heterocycles. The van der Waals surface area contributed by atoms with Crippen LogP contribution in [0.15, 0.2) is 35.0 Å². The van der Waals surface area contributed by atoms with Gasteiger partial charge in [-0.25, -0.2) is 9.42 Å². The zero-order chi connectivity index (χ0) is 16.9. The van der Waals surface area contributed by atoms with Gasteiger partial charge in [-0.3, -0.25) is 0 Å². The lowest BCUT2D eigenvalue weighted by Gasteiger charge is -2.05. The molecule has 0 saturated carbocycles. The SMILES string of the molecule is COC(=O)c1nnn(-c2nonc2N)c1CSCc1ccccc1. The maximum Gasteiger partial charge on any atom is 0.360 e. The van der Waals surface area contributed by atoms with Gasteiger partial charge in [-0.1, -0.05) is 35.5 Å². The van der Waals surface area contributed by atoms with Gasteiger partial charge in [0.05, 0.1) is 12.8 Å². The number of rotatable bonds is 6. The van der Waals surface area contributed by atoms with E-state index in [1.54, 1.807) is 11.8 Å². The molecule has 0 aliphatic heterocycles. The number of carbonyl (C=O) groups excluding carboxylic acids is 1. The van der Waals surface area contributed by atoms with Crippen molar-refractivity contribution in [2.75, 3.05) is 12.8 Å². The van der Waals surface area contributed by atoms with E-state index in [1.807, 2.05) is 30.3 Å². The Morgan fingerprint density at radius 2 is 2.08 bits per heavy atom. The Morgan fingerprint density at radius 1 is 1.29 bits per heavy atom. The van der Waals surface area contributed by atoms with E-state index in [4.69, 9.17) is 10.5 Å². The molecular weight excluding hydrogens is 332 g/mol. The van der Waals surface area contributed by atoms with Gasteiger partial charge in [-0.2, -0.15) is 16.4 Å². The molecule has 0 bridgehead atoms. The van der Waals surface area contributed by atoms with E-state index in [0.29, 0.717) is 11.4 Å². The summed E-state index contributed by atoms with van der Waals surface area (Å²) >= 11 is 1.60. The number of aromatic nitrogens is 5. The first-order chi connectivity index (χ1) is 11.7. The van der Waals surface area contributed by atoms with E-state index in [1.165, 1.54) is 17.4 Å². The summed E-state index contributed by atoms with van der Waals surface area (Å²) in [5.74, 6) is 0.892. The van der Waals surface area contributed by atoms with Crippen molar-refractivity contribution in [2.45, 2.75) is 11.5 Å². The number of nitrogens with two attached hydrogens (primary N) is 1. The maximum atomic E-state index is 11.9. The monoisotopic (exact) mass is 346 g/mol. The molecule has 0 unspecified atom stereocenters. The predicted octanol–water partition coefficient (Wildman–Crippen LogP) is 1.45. The first kappa shape index (κ1) is 16.0. The van der Waals surface area contributed by atoms with Crippen LogP contribution in [-0.4, -0.2) is 38.4 Å². The Balaban J connectivity index is 1.85. The number of carbonyl (C=O) groups is 1. The third-order valence-corrected chi connectivity index (χ3v) is 4.20. The fraction of sp³-hybridized carbons (Fsp3) is 0.214. The van der Waals surface area contributed by atoms with Crippen LogP contribution in [0.3, 0.4) is 0 Å². The number of methoxy groups -OCH3 is 1. The molecule has 24 heavy (non-hydrogen) atoms. The van der Waals surface area contributed by atoms with Crippen molar-refractivity contribution in [3.63, 3.8) is 0 Å². The maximum absolute atomic E-state index is 11.9. The van der Waals surface area contributed by atoms with Crippen LogP contribution in [0, 0.1) is 0 Å². The van der Waals surface area contributed by atoms with Crippen LogP contribution < -0.4 is 5.73 Å². The molecule has 2 N–H and O–H groups in total. The van der Waals surface area contributed by atoms with Gasteiger partial charge in [0, 0.05) is 11.5 Å². The minimum absolute atomic E-state index is 0.0608. The predicted molar refractivity (Wildman–Crippen MR) is 86.4 cm³/mol. The average Bonchev–Trinajstić information content (AvgIpc) is 3.21. The highest BCUT2D eigenvalue weighted by Gasteiger charge is 2.24. The molecule has 0 aliphatic carbocycles. The molecule has 0 radical (unpaired) electrons. The Labute approximate surface area is 141 Å². The summed E-state index contributed by atoms with van der Waals surface area (Å²) in [7, 11) is 1.29. The molecule has 10 heteroatoms. The Morgan fingerprint density at radius 3 is 2.75 bits per heavy atom. The van der Waals surface area contributed by atoms with E-state index in [-0.39, 0.29) is 17.3 Å². The molecule has 0 amide bonds. The molecular formula is C14H14N6O3S. The number of hydrogen-bond acceptors (Lipinski definition) is 9. The third kappa shape index (κ3) is 3.23. The summed E-state index contributed by atoms with van der Waals surface area (Å²) < 4.78 is 10.7. The van der Waals surface area contributed by atoms with Crippen LogP contribution >= 0.6 is 11.8 Å². The molecule has 2 aromatic heterocycles. The van der Waals surface area contributed by atoms with Gasteiger partial charge in [0.25, 0.3) is 0 Å². The standard InChI is InChI=1S/C14H14N6O3S/c1-22-14(21)11-10(8-24-7-9-5-3-2-4-6-9)20(19-16-11)13-12(15)17-23-18-13/h2-6H,7-8H2,1H3,(H2,15,17). The molecule has 0 aliphatic rings. The molecule has 1 aromatic carbocycles. The fourth-order valence-electron chi connectivity index (χ4n) is 2.03. The normalized spacial score (nSPS) is 10.7. The number of hydrogen-bond donors (Lipinski definition) is 1. The van der Waals surface area contributed by atoms with Crippen molar-refractivity contribution < 1.29 is 14.2 Å². The number of esters is 1. The molecule has 3 aromatic rings. The van der Waals surface area contributed by atoms with Crippen molar-refractivity contribution in [3.05, 3.63) is 47.3 Å². The van der Waals surface area contributed by atoms with Crippen LogP contribution in [0.25, 0.3) is 5.82 Å². The molecule has 0 saturated heterocycles. The Kier molecular flexibility index (Phi) is 4.75. The van der Waals surface area contributed by atoms with Gasteiger partial charge in [0.1, 0.15) is 0 Å². The first-order valence-corrected chi connectivity index (χ1v) is 8.09. The van der Waals surface area contributed by atoms with E-state index < -0.39 is 5.97 Å². The highest BCUT2D eigenvalue weighted by atomic mass is 32.2. The minimum atomic E-state index is -0.577. The highest BCUT2D eigenvalue weighted by molar-refractivity contribution is 7.97. The summed E-state index contributed by atoms with van der Waals surface area (Å²) in [4.78, 5) is 11.9. The molecule has 3 rings (SSSR count). The van der Waals surface area contributed by atoms with E-state index in [2.05, 4.69) is 25.3 Å². The number of thioether (sulfide) groups is 1. The molecule has 124 valence electrons. The van der Waals surface area contributed by atoms with Crippen molar-refractivity contribution in [2.24, 2.45) is 0 Å². The molecule has 0 fully saturated rings. The van der Waals surface area contributed by atoms with Gasteiger partial charge in [0.2, 0.25) is 11.6 Å². The average molecular weight is 346 g/mol. The number of nitrogen functional groups attached to an aromatic ring is 1. The van der Waals surface area contributed by atoms with Crippen LogP contribution in [0.1, 0.15) is 21.7 Å². The Hall–Kier alpha value is -2.88. The third-order valence-electron chi connectivity index (χ3n) is 3.19. The summed E-state index contributed by atoms with van der Waals surface area (Å²) in [5, 5.41) is 15.0. The quantitative estimate of drug-likeness (QED) is 0.661. The van der Waals surface area contributed by atoms with Gasteiger partial charge < -0.3 is 10.5 Å². The van der Waals surface area contributed by atoms with Crippen molar-refractivity contribution >= 4 is 23.5 Å². The van der Waals surface area contributed by atoms with Gasteiger partial charge in [-0.05, 0) is 15.9 Å². The fourth-order valence-corrected chi connectivity index (χ4v) is 3.02. The lowest BCUT2D eigenvalue weighted by molar-refractivity contribution is 0.0593. The molecule has 0 spiro atoms. The number of benzene rings is 1. The summed E-state index contributed by atoms with van der Waals surface area (Å²) in [6.07, 6.45) is 0. The topological polar surface area (TPSA) is 122 Å². The molecule has 9 nitrogen and oxygen atoms in total. The summed E-state index contributed by atoms with van der Waals surface area (Å²) in [6, 6.07) is 9.97. The number of anilines is 1. The van der Waals surface area contributed by atoms with Crippen molar-refractivity contribution in [1.82, 2.24) is 25.3 Å². The molecule has 0 atom stereocenters. The second kappa shape index (κ2) is 7.13. The van der Waals surface area contributed by atoms with Gasteiger partial charge in [0.15, 0.2) is 5.69 Å². The van der Waals surface area contributed by atoms with E-state index >= 15 is 0 Å². The van der Waals surface area contributed by atoms with Crippen molar-refractivity contribution in [1.29, 1.82) is 0 Å². The smallest absolute Gasteiger partial charge is 0.360 e. The zero-order valence-corrected chi connectivity index (χ0v) is 13.6. The van der Waals surface area contributed by atoms with Crippen LogP contribution in [-0.2, 0) is 16.2 Å². The van der Waals surface area contributed by atoms with Crippen LogP contribution in [0.2, 0.25) is 0 Å². The second-order valence-electron chi connectivity index (χ2n) is 4.74. The highest BCUT2D eigenvalue weighted by Crippen LogP contribution is 2.23. The van der Waals surface area contributed by atoms with Crippen molar-refractivity contribution in [3.8, 4) is 5.82 Å². The summed E-state index contributed by atoms with van der Waals surface area (Å²) in [6.45, 7) is 0. The van der Waals surface area contributed by atoms with E-state index in [9.17, 15) is 4.79 Å². The van der Waals surface area contributed by atoms with Gasteiger partial charge in [-0.15, -0.1) is 5.10 Å². The van der Waals surface area contributed by atoms with Crippen LogP contribution in [0.4, 0.5) is 5.82 Å². The largest absolute Gasteiger partial charge is 0.464 e. The number of ether oxygens (including phenoxy) is 1. The zero-order valence-electron chi connectivity index (χ0n) is 12.7. The second-order valence-corrected chi connectivity index (χ2v) is 5.73. The van der Waals surface area contributed by atoms with E-state index in [0.717, 1.165) is 5.75 Å². The summed E-state index contributed by atoms with van der Waals surface area (Å²) in [5.41, 5.74) is 7.50. The lowest BCUT2D eigenvalue weighted by Crippen LogP contribution is -2.09. The first-order valence-electron chi connectivity index (χ1n) is 6.93. The van der Waals surface area contributed by atoms with Crippen LogP contribution in [0.5, 0.6) is 0 Å². The minimum Gasteiger partial charge on any atom is -0.464 e.